The number of carbonyl (C=O) groups is 1. The highest BCUT2D eigenvalue weighted by atomic mass is 19.1. The van der Waals surface area contributed by atoms with E-state index in [-0.39, 0.29) is 17.7 Å². The second kappa shape index (κ2) is 11.6. The average molecular weight is 548 g/mol. The molecule has 0 atom stereocenters. The molecule has 1 saturated heterocycles. The molecule has 0 bridgehead atoms. The van der Waals surface area contributed by atoms with E-state index in [2.05, 4.69) is 36.8 Å². The topological polar surface area (TPSA) is 135 Å². The molecule has 0 unspecified atom stereocenters. The Morgan fingerprint density at radius 1 is 1.12 bits per heavy atom. The second-order valence-electron chi connectivity index (χ2n) is 10.4. The number of rotatable bonds is 6. The number of anilines is 4. The molecule has 2 aromatic heterocycles. The van der Waals surface area contributed by atoms with Crippen LogP contribution in [-0.2, 0) is 4.74 Å². The number of amides is 1. The zero-order valence-electron chi connectivity index (χ0n) is 23.4. The summed E-state index contributed by atoms with van der Waals surface area (Å²) >= 11 is 0. The number of piperazine rings is 1. The molecule has 12 heteroatoms. The van der Waals surface area contributed by atoms with Crippen molar-refractivity contribution >= 4 is 35.1 Å². The highest BCUT2D eigenvalue weighted by Crippen LogP contribution is 2.27. The molecule has 1 aliphatic rings. The lowest BCUT2D eigenvalue weighted by Gasteiger charge is -2.36. The molecular weight excluding hydrogens is 513 g/mol. The third-order valence-corrected chi connectivity index (χ3v) is 6.09. The lowest BCUT2D eigenvalue weighted by atomic mass is 9.99. The molecule has 1 aromatic carbocycles. The summed E-state index contributed by atoms with van der Waals surface area (Å²) in [5.41, 5.74) is 8.76. The maximum Gasteiger partial charge on any atom is 0.410 e. The molecule has 0 aliphatic carbocycles. The van der Waals surface area contributed by atoms with Gasteiger partial charge in [0.15, 0.2) is 11.6 Å². The van der Waals surface area contributed by atoms with Crippen LogP contribution in [0.1, 0.15) is 33.3 Å². The Morgan fingerprint density at radius 2 is 1.85 bits per heavy atom. The van der Waals surface area contributed by atoms with Crippen LogP contribution in [0.3, 0.4) is 0 Å². The molecule has 0 radical (unpaired) electrons. The van der Waals surface area contributed by atoms with Crippen molar-refractivity contribution in [2.45, 2.75) is 33.3 Å². The van der Waals surface area contributed by atoms with Crippen LogP contribution in [0.25, 0.3) is 11.3 Å². The molecule has 0 saturated carbocycles. The van der Waals surface area contributed by atoms with Crippen molar-refractivity contribution in [1.29, 1.82) is 0 Å². The van der Waals surface area contributed by atoms with Gasteiger partial charge >= 0.3 is 6.09 Å². The van der Waals surface area contributed by atoms with Crippen LogP contribution < -0.4 is 16.0 Å². The lowest BCUT2D eigenvalue weighted by Crippen LogP contribution is -2.50. The summed E-state index contributed by atoms with van der Waals surface area (Å²) in [5.74, 6) is 0.649. The summed E-state index contributed by atoms with van der Waals surface area (Å²) in [6, 6.07) is 5.11. The average Bonchev–Trinajstić information content (AvgIpc) is 2.91. The molecule has 40 heavy (non-hydrogen) atoms. The van der Waals surface area contributed by atoms with Gasteiger partial charge in [-0.05, 0) is 45.4 Å². The van der Waals surface area contributed by atoms with Gasteiger partial charge in [0.1, 0.15) is 17.1 Å². The number of carbonyl (C=O) groups excluding carboxylic acids is 1. The van der Waals surface area contributed by atoms with E-state index in [1.165, 1.54) is 0 Å². The van der Waals surface area contributed by atoms with Crippen molar-refractivity contribution < 1.29 is 13.9 Å². The van der Waals surface area contributed by atoms with E-state index in [4.69, 9.17) is 10.5 Å². The van der Waals surface area contributed by atoms with Crippen LogP contribution in [0, 0.1) is 5.82 Å². The minimum absolute atomic E-state index is 0.100. The number of nitrogens with zero attached hydrogens (tertiary/aromatic N) is 7. The third-order valence-electron chi connectivity index (χ3n) is 6.09. The fourth-order valence-electron chi connectivity index (χ4n) is 4.19. The van der Waals surface area contributed by atoms with Crippen LogP contribution in [0.2, 0.25) is 0 Å². The number of aromatic nitrogens is 4. The van der Waals surface area contributed by atoms with Crippen LogP contribution in [0.5, 0.6) is 0 Å². The molecule has 0 spiro atoms. The monoisotopic (exact) mass is 547 g/mol. The summed E-state index contributed by atoms with van der Waals surface area (Å²) in [4.78, 5) is 37.7. The summed E-state index contributed by atoms with van der Waals surface area (Å²) in [6.45, 7) is 13.6. The Bertz CT molecular complexity index is 1430. The predicted molar refractivity (Wildman–Crippen MR) is 154 cm³/mol. The predicted octanol–water partition coefficient (Wildman–Crippen LogP) is 4.45. The van der Waals surface area contributed by atoms with Crippen LogP contribution >= 0.6 is 0 Å². The van der Waals surface area contributed by atoms with Crippen LogP contribution in [-0.4, -0.2) is 75.5 Å². The van der Waals surface area contributed by atoms with E-state index in [1.54, 1.807) is 42.5 Å². The van der Waals surface area contributed by atoms with Crippen LogP contribution in [0.15, 0.2) is 53.9 Å². The van der Waals surface area contributed by atoms with E-state index in [0.717, 1.165) is 11.8 Å². The van der Waals surface area contributed by atoms with E-state index in [0.29, 0.717) is 60.3 Å². The maximum absolute atomic E-state index is 14.8. The van der Waals surface area contributed by atoms with Gasteiger partial charge in [-0.25, -0.2) is 29.1 Å². The third kappa shape index (κ3) is 6.68. The molecule has 11 nitrogen and oxygen atoms in total. The molecule has 3 N–H and O–H groups in total. The number of aliphatic imine (C=N–C) groups is 1. The number of benzene rings is 1. The Balaban J connectivity index is 1.45. The first-order chi connectivity index (χ1) is 18.9. The van der Waals surface area contributed by atoms with Gasteiger partial charge in [-0.3, -0.25) is 4.99 Å². The van der Waals surface area contributed by atoms with Crippen molar-refractivity contribution in [1.82, 2.24) is 24.8 Å². The number of nitrogens with one attached hydrogen (secondary N) is 1. The van der Waals surface area contributed by atoms with Gasteiger partial charge in [-0.1, -0.05) is 12.6 Å². The van der Waals surface area contributed by atoms with Crippen molar-refractivity contribution in [3.63, 3.8) is 0 Å². The number of nitrogen functional groups attached to an aromatic ring is 1. The number of nitrogens with two attached hydrogens (primary N) is 1. The number of hydrogen-bond donors (Lipinski definition) is 2. The standard InChI is InChI=1S/C28H34FN9O2/c1-17(2)24(31-6)19-13-18(7-8-21(19)30)25-20(29)14-34-26(36-25)35-22-15-33-23(16-32-22)37-9-11-38(12-10-37)27(39)40-28(3,4)5/h7-8,13-16H,1,9-12,30H2,2-6H3,(H,32,34,35,36). The smallest absolute Gasteiger partial charge is 0.410 e. The normalized spacial score (nSPS) is 14.2. The molecule has 1 aliphatic heterocycles. The minimum atomic E-state index is -0.585. The van der Waals surface area contributed by atoms with Gasteiger partial charge in [0.25, 0.3) is 0 Å². The first-order valence-corrected chi connectivity index (χ1v) is 12.8. The zero-order valence-corrected chi connectivity index (χ0v) is 23.4. The highest BCUT2D eigenvalue weighted by Gasteiger charge is 2.26. The molecule has 210 valence electrons. The van der Waals surface area contributed by atoms with Gasteiger partial charge < -0.3 is 25.6 Å². The first-order valence-electron chi connectivity index (χ1n) is 12.8. The molecule has 1 fully saturated rings. The quantitative estimate of drug-likeness (QED) is 0.339. The van der Waals surface area contributed by atoms with Crippen molar-refractivity contribution in [2.75, 3.05) is 49.2 Å². The number of ether oxygens (including phenoxy) is 1. The summed E-state index contributed by atoms with van der Waals surface area (Å²) in [7, 11) is 1.65. The molecular formula is C28H34FN9O2. The fraction of sp³-hybridized carbons (Fsp3) is 0.357. The van der Waals surface area contributed by atoms with E-state index in [1.807, 2.05) is 32.6 Å². The van der Waals surface area contributed by atoms with Gasteiger partial charge in [0, 0.05) is 50.0 Å². The van der Waals surface area contributed by atoms with Gasteiger partial charge in [0.2, 0.25) is 5.95 Å². The summed E-state index contributed by atoms with van der Waals surface area (Å²) < 4.78 is 20.2. The number of allylic oxidation sites excluding steroid dienone is 1. The molecule has 3 heterocycles. The number of hydrogen-bond acceptors (Lipinski definition) is 10. The van der Waals surface area contributed by atoms with Crippen LogP contribution in [0.4, 0.5) is 32.5 Å². The Hall–Kier alpha value is -4.61. The zero-order chi connectivity index (χ0) is 29.0. The Labute approximate surface area is 233 Å². The summed E-state index contributed by atoms with van der Waals surface area (Å²) in [5, 5.41) is 2.98. The highest BCUT2D eigenvalue weighted by molar-refractivity contribution is 6.15. The van der Waals surface area contributed by atoms with Gasteiger partial charge in [-0.2, -0.15) is 0 Å². The Morgan fingerprint density at radius 3 is 2.45 bits per heavy atom. The van der Waals surface area contributed by atoms with E-state index in [9.17, 15) is 9.18 Å². The van der Waals surface area contributed by atoms with Crippen molar-refractivity contribution in [3.05, 3.63) is 60.3 Å². The fourth-order valence-corrected chi connectivity index (χ4v) is 4.19. The van der Waals surface area contributed by atoms with E-state index < -0.39 is 11.4 Å². The first kappa shape index (κ1) is 28.4. The van der Waals surface area contributed by atoms with E-state index >= 15 is 0 Å². The Kier molecular flexibility index (Phi) is 8.26. The molecule has 4 rings (SSSR count). The maximum atomic E-state index is 14.8. The van der Waals surface area contributed by atoms with Crippen molar-refractivity contribution in [2.24, 2.45) is 4.99 Å². The number of halogens is 1. The molecule has 3 aromatic rings. The summed E-state index contributed by atoms with van der Waals surface area (Å²) in [6.07, 6.45) is 3.97. The van der Waals surface area contributed by atoms with Gasteiger partial charge in [-0.15, -0.1) is 0 Å². The second-order valence-corrected chi connectivity index (χ2v) is 10.4. The largest absolute Gasteiger partial charge is 0.444 e. The van der Waals surface area contributed by atoms with Crippen molar-refractivity contribution in [3.8, 4) is 11.3 Å². The lowest BCUT2D eigenvalue weighted by molar-refractivity contribution is 0.0240. The minimum Gasteiger partial charge on any atom is -0.444 e. The van der Waals surface area contributed by atoms with Gasteiger partial charge in [0.05, 0.1) is 24.3 Å². The SMILES string of the molecule is C=C(C)C(=NC)c1cc(-c2nc(Nc3cnc(N4CCN(C(=O)OC(C)(C)C)CC4)cn3)ncc2F)ccc1N. The molecule has 1 amide bonds.